The molecule has 0 aliphatic rings. The second-order valence-electron chi connectivity index (χ2n) is 3.31. The minimum absolute atomic E-state index is 0.215. The SMILES string of the molecule is C#CC(NC(=O)n1ccnc1)C(C)C. The van der Waals surface area contributed by atoms with Crippen LogP contribution < -0.4 is 5.32 Å². The first-order valence-electron chi connectivity index (χ1n) is 4.40. The molecule has 0 saturated heterocycles. The maximum absolute atomic E-state index is 11.5. The van der Waals surface area contributed by atoms with Gasteiger partial charge in [0.15, 0.2) is 0 Å². The van der Waals surface area contributed by atoms with Crippen LogP contribution in [0.5, 0.6) is 0 Å². The maximum atomic E-state index is 11.5. The predicted molar refractivity (Wildman–Crippen MR) is 53.6 cm³/mol. The van der Waals surface area contributed by atoms with Gasteiger partial charge in [0.05, 0.1) is 6.04 Å². The summed E-state index contributed by atoms with van der Waals surface area (Å²) in [5.41, 5.74) is 0. The number of imidazole rings is 1. The summed E-state index contributed by atoms with van der Waals surface area (Å²) in [7, 11) is 0. The molecule has 1 aromatic heterocycles. The van der Waals surface area contributed by atoms with Crippen LogP contribution in [-0.2, 0) is 0 Å². The van der Waals surface area contributed by atoms with Gasteiger partial charge in [-0.05, 0) is 5.92 Å². The minimum atomic E-state index is -0.251. The zero-order valence-corrected chi connectivity index (χ0v) is 8.27. The average molecular weight is 191 g/mol. The molecule has 14 heavy (non-hydrogen) atoms. The molecule has 0 aliphatic heterocycles. The Bertz CT molecular complexity index is 335. The first kappa shape index (κ1) is 10.3. The van der Waals surface area contributed by atoms with Crippen LogP contribution in [0.3, 0.4) is 0 Å². The lowest BCUT2D eigenvalue weighted by Crippen LogP contribution is -2.39. The molecule has 0 aromatic carbocycles. The van der Waals surface area contributed by atoms with E-state index in [1.165, 1.54) is 10.9 Å². The fraction of sp³-hybridized carbons (Fsp3) is 0.400. The second kappa shape index (κ2) is 4.47. The highest BCUT2D eigenvalue weighted by atomic mass is 16.2. The van der Waals surface area contributed by atoms with Gasteiger partial charge in [0, 0.05) is 12.4 Å². The molecule has 0 fully saturated rings. The van der Waals surface area contributed by atoms with Crippen LogP contribution in [0.15, 0.2) is 18.7 Å². The third kappa shape index (κ3) is 2.36. The molecule has 1 atom stereocenters. The van der Waals surface area contributed by atoms with Gasteiger partial charge in [-0.25, -0.2) is 9.78 Å². The van der Waals surface area contributed by atoms with Crippen LogP contribution >= 0.6 is 0 Å². The Kier molecular flexibility index (Phi) is 3.29. The molecule has 1 rings (SSSR count). The summed E-state index contributed by atoms with van der Waals surface area (Å²) in [6.45, 7) is 3.91. The average Bonchev–Trinajstić information content (AvgIpc) is 2.65. The fourth-order valence-corrected chi connectivity index (χ4v) is 0.988. The van der Waals surface area contributed by atoms with E-state index in [0.717, 1.165) is 0 Å². The van der Waals surface area contributed by atoms with Gasteiger partial charge in [-0.3, -0.25) is 4.57 Å². The topological polar surface area (TPSA) is 46.9 Å². The van der Waals surface area contributed by atoms with Gasteiger partial charge in [-0.2, -0.15) is 0 Å². The maximum Gasteiger partial charge on any atom is 0.327 e. The lowest BCUT2D eigenvalue weighted by atomic mass is 10.1. The van der Waals surface area contributed by atoms with Crippen LogP contribution in [0.4, 0.5) is 4.79 Å². The summed E-state index contributed by atoms with van der Waals surface area (Å²) in [4.78, 5) is 15.3. The van der Waals surface area contributed by atoms with Crippen molar-refractivity contribution in [1.29, 1.82) is 0 Å². The van der Waals surface area contributed by atoms with Crippen molar-refractivity contribution in [1.82, 2.24) is 14.9 Å². The molecule has 0 saturated carbocycles. The van der Waals surface area contributed by atoms with Crippen molar-refractivity contribution in [2.45, 2.75) is 19.9 Å². The zero-order chi connectivity index (χ0) is 10.6. The number of terminal acetylenes is 1. The molecule has 4 heteroatoms. The van der Waals surface area contributed by atoms with E-state index in [0.29, 0.717) is 0 Å². The zero-order valence-electron chi connectivity index (χ0n) is 8.27. The third-order valence-electron chi connectivity index (χ3n) is 1.86. The summed E-state index contributed by atoms with van der Waals surface area (Å²) in [6, 6.07) is -0.496. The summed E-state index contributed by atoms with van der Waals surface area (Å²) < 4.78 is 1.35. The standard InChI is InChI=1S/C10H13N3O/c1-4-9(8(2)3)12-10(14)13-6-5-11-7-13/h1,5-9H,2-3H3,(H,12,14). The van der Waals surface area contributed by atoms with Crippen molar-refractivity contribution in [3.8, 4) is 12.3 Å². The van der Waals surface area contributed by atoms with E-state index in [2.05, 4.69) is 16.2 Å². The van der Waals surface area contributed by atoms with Crippen molar-refractivity contribution in [3.05, 3.63) is 18.7 Å². The van der Waals surface area contributed by atoms with Gasteiger partial charge in [-0.1, -0.05) is 19.8 Å². The molecule has 1 N–H and O–H groups in total. The Balaban J connectivity index is 2.61. The number of nitrogens with one attached hydrogen (secondary N) is 1. The molecule has 1 heterocycles. The molecule has 0 bridgehead atoms. The molecule has 0 aliphatic carbocycles. The van der Waals surface area contributed by atoms with E-state index in [1.807, 2.05) is 13.8 Å². The number of amides is 1. The van der Waals surface area contributed by atoms with Gasteiger partial charge in [0.1, 0.15) is 6.33 Å². The molecule has 74 valence electrons. The Morgan fingerprint density at radius 3 is 2.79 bits per heavy atom. The monoisotopic (exact) mass is 191 g/mol. The van der Waals surface area contributed by atoms with Crippen LogP contribution in [0, 0.1) is 18.3 Å². The van der Waals surface area contributed by atoms with Gasteiger partial charge < -0.3 is 5.32 Å². The summed E-state index contributed by atoms with van der Waals surface area (Å²) >= 11 is 0. The molecule has 1 aromatic rings. The van der Waals surface area contributed by atoms with E-state index in [-0.39, 0.29) is 18.0 Å². The van der Waals surface area contributed by atoms with Crippen LogP contribution in [0.1, 0.15) is 13.8 Å². The van der Waals surface area contributed by atoms with Gasteiger partial charge in [0.2, 0.25) is 0 Å². The van der Waals surface area contributed by atoms with Gasteiger partial charge in [0.25, 0.3) is 0 Å². The van der Waals surface area contributed by atoms with Crippen molar-refractivity contribution in [2.24, 2.45) is 5.92 Å². The van der Waals surface area contributed by atoms with Gasteiger partial charge >= 0.3 is 6.03 Å². The number of hydrogen-bond acceptors (Lipinski definition) is 2. The van der Waals surface area contributed by atoms with E-state index >= 15 is 0 Å². The lowest BCUT2D eigenvalue weighted by Gasteiger charge is -2.16. The van der Waals surface area contributed by atoms with Crippen molar-refractivity contribution < 1.29 is 4.79 Å². The highest BCUT2D eigenvalue weighted by Gasteiger charge is 2.13. The Hall–Kier alpha value is -1.76. The number of aromatic nitrogens is 2. The Morgan fingerprint density at radius 2 is 2.36 bits per heavy atom. The number of hydrogen-bond donors (Lipinski definition) is 1. The van der Waals surface area contributed by atoms with Crippen molar-refractivity contribution in [2.75, 3.05) is 0 Å². The molecular formula is C10H13N3O. The lowest BCUT2D eigenvalue weighted by molar-refractivity contribution is 0.238. The van der Waals surface area contributed by atoms with E-state index < -0.39 is 0 Å². The Morgan fingerprint density at radius 1 is 1.64 bits per heavy atom. The van der Waals surface area contributed by atoms with Crippen LogP contribution in [0.2, 0.25) is 0 Å². The number of carbonyl (C=O) groups excluding carboxylic acids is 1. The quantitative estimate of drug-likeness (QED) is 0.711. The predicted octanol–water partition coefficient (Wildman–Crippen LogP) is 1.10. The van der Waals surface area contributed by atoms with Gasteiger partial charge in [-0.15, -0.1) is 6.42 Å². The third-order valence-corrected chi connectivity index (χ3v) is 1.86. The summed E-state index contributed by atoms with van der Waals surface area (Å²) in [6.07, 6.45) is 9.83. The molecule has 0 spiro atoms. The fourth-order valence-electron chi connectivity index (χ4n) is 0.988. The first-order chi connectivity index (χ1) is 6.65. The Labute approximate surface area is 83.3 Å². The molecule has 0 radical (unpaired) electrons. The van der Waals surface area contributed by atoms with Crippen LogP contribution in [-0.4, -0.2) is 21.6 Å². The number of carbonyl (C=O) groups is 1. The molecule has 1 unspecified atom stereocenters. The summed E-state index contributed by atoms with van der Waals surface area (Å²) in [5.74, 6) is 2.74. The highest BCUT2D eigenvalue weighted by Crippen LogP contribution is 2.00. The van der Waals surface area contributed by atoms with Crippen molar-refractivity contribution in [3.63, 3.8) is 0 Å². The van der Waals surface area contributed by atoms with Crippen molar-refractivity contribution >= 4 is 6.03 Å². The summed E-state index contributed by atoms with van der Waals surface area (Å²) in [5, 5.41) is 2.72. The largest absolute Gasteiger partial charge is 0.327 e. The molecule has 1 amide bonds. The number of nitrogens with zero attached hydrogens (tertiary/aromatic N) is 2. The van der Waals surface area contributed by atoms with Crippen LogP contribution in [0.25, 0.3) is 0 Å². The molecule has 4 nitrogen and oxygen atoms in total. The highest BCUT2D eigenvalue weighted by molar-refractivity contribution is 5.77. The smallest absolute Gasteiger partial charge is 0.323 e. The second-order valence-corrected chi connectivity index (χ2v) is 3.31. The molecular weight excluding hydrogens is 178 g/mol. The normalized spacial score (nSPS) is 12.1. The van der Waals surface area contributed by atoms with E-state index in [9.17, 15) is 4.79 Å². The number of rotatable bonds is 2. The minimum Gasteiger partial charge on any atom is -0.323 e. The first-order valence-corrected chi connectivity index (χ1v) is 4.40. The van der Waals surface area contributed by atoms with E-state index in [1.54, 1.807) is 12.4 Å². The van der Waals surface area contributed by atoms with E-state index in [4.69, 9.17) is 6.42 Å².